The summed E-state index contributed by atoms with van der Waals surface area (Å²) in [5.41, 5.74) is 3.38. The van der Waals surface area contributed by atoms with Crippen molar-refractivity contribution < 1.29 is 52.4 Å². The van der Waals surface area contributed by atoms with Gasteiger partial charge in [0.1, 0.15) is 25.2 Å². The van der Waals surface area contributed by atoms with Crippen molar-refractivity contribution in [1.82, 2.24) is 21.0 Å². The number of amides is 6. The van der Waals surface area contributed by atoms with Crippen LogP contribution in [0.25, 0.3) is 0 Å². The number of nitrogens with zero attached hydrogens (tertiary/aromatic N) is 2. The Bertz CT molecular complexity index is 1400. The molecule has 0 saturated carbocycles. The van der Waals surface area contributed by atoms with Gasteiger partial charge in [0.25, 0.3) is 5.91 Å². The Labute approximate surface area is 287 Å². The van der Waals surface area contributed by atoms with E-state index in [-0.39, 0.29) is 51.2 Å². The number of likely N-dealkylation sites (tertiary alicyclic amines) is 2. The molecule has 3 rings (SSSR count). The second kappa shape index (κ2) is 17.3. The van der Waals surface area contributed by atoms with E-state index in [0.29, 0.717) is 6.42 Å². The van der Waals surface area contributed by atoms with Gasteiger partial charge >= 0.3 is 25.5 Å². The lowest BCUT2D eigenvalue weighted by molar-refractivity contribution is -0.823. The van der Waals surface area contributed by atoms with Crippen molar-refractivity contribution in [1.29, 1.82) is 0 Å². The van der Waals surface area contributed by atoms with Gasteiger partial charge < -0.3 is 25.2 Å². The van der Waals surface area contributed by atoms with Crippen LogP contribution in [0.5, 0.6) is 0 Å². The zero-order valence-electron chi connectivity index (χ0n) is 28.9. The zero-order chi connectivity index (χ0) is 36.5. The number of nitrogens with one attached hydrogen (secondary N) is 3. The monoisotopic (exact) mass is 708 g/mol. The highest BCUT2D eigenvalue weighted by Gasteiger charge is 2.54. The van der Waals surface area contributed by atoms with Crippen LogP contribution in [-0.2, 0) is 39.9 Å². The van der Waals surface area contributed by atoms with Crippen molar-refractivity contribution in [3.05, 3.63) is 35.9 Å². The number of rotatable bonds is 15. The number of hydrogen-bond donors (Lipinski definition) is 5. The summed E-state index contributed by atoms with van der Waals surface area (Å²) >= 11 is 0. The van der Waals surface area contributed by atoms with E-state index in [2.05, 4.69) is 16.1 Å². The first-order valence-corrected chi connectivity index (χ1v) is 18.6. The average Bonchev–Trinajstić information content (AvgIpc) is 3.53. The zero-order valence-corrected chi connectivity index (χ0v) is 29.8. The summed E-state index contributed by atoms with van der Waals surface area (Å²) in [5.74, 6) is -6.32. The van der Waals surface area contributed by atoms with Gasteiger partial charge in [-0.05, 0) is 43.1 Å². The Kier molecular flexibility index (Phi) is 14.1. The van der Waals surface area contributed by atoms with E-state index in [1.807, 2.05) is 19.9 Å². The number of benzene rings is 1. The van der Waals surface area contributed by atoms with Gasteiger partial charge in [-0.2, -0.15) is 5.43 Å². The van der Waals surface area contributed by atoms with Crippen LogP contribution in [0.4, 0.5) is 4.79 Å². The molecule has 15 nitrogen and oxygen atoms in total. The van der Waals surface area contributed by atoms with Gasteiger partial charge in [0.05, 0.1) is 24.9 Å². The predicted molar refractivity (Wildman–Crippen MR) is 178 cm³/mol. The van der Waals surface area contributed by atoms with Crippen LogP contribution in [0.15, 0.2) is 30.3 Å². The summed E-state index contributed by atoms with van der Waals surface area (Å²) in [7, 11) is -3.45. The molecular formula is C33H51N5O10P+. The first kappa shape index (κ1) is 39.8. The Morgan fingerprint density at radius 2 is 1.63 bits per heavy atom. The molecule has 0 aliphatic carbocycles. The Morgan fingerprint density at radius 3 is 2.18 bits per heavy atom. The average molecular weight is 709 g/mol. The minimum Gasteiger partial charge on any atom is -0.445 e. The molecule has 0 aromatic heterocycles. The molecule has 1 aromatic rings. The molecule has 2 fully saturated rings. The summed E-state index contributed by atoms with van der Waals surface area (Å²) in [6.07, 6.45) is -0.543. The van der Waals surface area contributed by atoms with Gasteiger partial charge in [0, 0.05) is 19.5 Å². The lowest BCUT2D eigenvalue weighted by atomic mass is 9.82. The highest BCUT2D eigenvalue weighted by atomic mass is 31.2. The van der Waals surface area contributed by atoms with Crippen molar-refractivity contribution >= 4 is 43.2 Å². The fourth-order valence-electron chi connectivity index (χ4n) is 6.55. The third-order valence-corrected chi connectivity index (χ3v) is 10.0. The molecule has 2 aliphatic heterocycles. The number of likely N-dealkylation sites (N-methyl/N-ethyl adjacent to an activating group) is 1. The van der Waals surface area contributed by atoms with E-state index in [4.69, 9.17) is 4.74 Å². The third kappa shape index (κ3) is 10.7. The Morgan fingerprint density at radius 1 is 1.00 bits per heavy atom. The van der Waals surface area contributed by atoms with Gasteiger partial charge in [-0.3, -0.25) is 23.8 Å². The van der Waals surface area contributed by atoms with Crippen LogP contribution in [0, 0.1) is 23.7 Å². The molecule has 1 unspecified atom stereocenters. The van der Waals surface area contributed by atoms with E-state index in [1.54, 1.807) is 38.1 Å². The van der Waals surface area contributed by atoms with Crippen LogP contribution >= 0.6 is 7.60 Å². The Balaban J connectivity index is 1.94. The van der Waals surface area contributed by atoms with E-state index in [1.165, 1.54) is 11.9 Å². The van der Waals surface area contributed by atoms with Crippen LogP contribution in [-0.4, -0.2) is 93.3 Å². The molecule has 2 heterocycles. The lowest BCUT2D eigenvalue weighted by Gasteiger charge is -2.41. The normalized spacial score (nSPS) is 19.7. The van der Waals surface area contributed by atoms with Crippen LogP contribution < -0.4 is 16.1 Å². The number of piperidine rings is 1. The van der Waals surface area contributed by atoms with Crippen molar-refractivity contribution in [3.63, 3.8) is 0 Å². The standard InChI is InChI=1S/C33H50N5O10P/c1-21(2)17-26(31(42)34-5)35-30(41)25(20-49(45,46)47)24(22(3)4)18-38(28(39)14-9-15-29(38)40)36-32(43)27-13-10-16-37(27)33(44)48-19-23-11-7-6-8-12-23/h6-8,11-12,21-22,24-27H,9-10,13-20H2,1-5H3,(H4-,34,35,36,41,42,43,45,46,47)/p+1/t24?,25-,26+,27+/m1/s1. The maximum atomic E-state index is 13.9. The number of ether oxygens (including phenoxy) is 1. The van der Waals surface area contributed by atoms with E-state index < -0.39 is 90.4 Å². The fraction of sp³-hybridized carbons (Fsp3) is 0.636. The highest BCUT2D eigenvalue weighted by molar-refractivity contribution is 7.51. The minimum absolute atomic E-state index is 0.0119. The molecule has 0 spiro atoms. The molecule has 0 radical (unpaired) electrons. The van der Waals surface area contributed by atoms with Crippen LogP contribution in [0.2, 0.25) is 0 Å². The molecular weight excluding hydrogens is 657 g/mol. The first-order chi connectivity index (χ1) is 23.0. The highest BCUT2D eigenvalue weighted by Crippen LogP contribution is 2.41. The molecule has 16 heteroatoms. The summed E-state index contributed by atoms with van der Waals surface area (Å²) in [6.45, 7) is 6.82. The van der Waals surface area contributed by atoms with Crippen LogP contribution in [0.1, 0.15) is 71.8 Å². The Hall–Kier alpha value is -3.65. The molecule has 2 aliphatic rings. The number of carbonyl (C=O) groups excluding carboxylic acids is 6. The molecule has 272 valence electrons. The van der Waals surface area contributed by atoms with E-state index in [9.17, 15) is 43.1 Å². The predicted octanol–water partition coefficient (Wildman–Crippen LogP) is 2.22. The molecule has 4 atom stereocenters. The summed E-state index contributed by atoms with van der Waals surface area (Å²) in [4.78, 5) is 102. The SMILES string of the molecule is CNC(=O)[C@H](CC(C)C)NC(=O)[C@H](CP(=O)(O)O)C(C[N+]1(NC(=O)[C@@H]2CCCN2C(=O)OCc2ccccc2)C(=O)CCCC1=O)C(C)C. The van der Waals surface area contributed by atoms with Crippen molar-refractivity contribution in [2.24, 2.45) is 23.7 Å². The summed E-state index contributed by atoms with van der Waals surface area (Å²) in [5, 5.41) is 5.13. The first-order valence-electron chi connectivity index (χ1n) is 16.8. The molecule has 5 N–H and O–H groups in total. The smallest absolute Gasteiger partial charge is 0.410 e. The van der Waals surface area contributed by atoms with Gasteiger partial charge in [0.2, 0.25) is 11.8 Å². The van der Waals surface area contributed by atoms with E-state index in [0.717, 1.165) is 5.56 Å². The molecule has 1 aromatic carbocycles. The van der Waals surface area contributed by atoms with Crippen molar-refractivity contribution in [2.75, 3.05) is 26.3 Å². The van der Waals surface area contributed by atoms with Gasteiger partial charge in [0.15, 0.2) is 0 Å². The number of hydrogen-bond acceptors (Lipinski definition) is 8. The largest absolute Gasteiger partial charge is 0.445 e. The van der Waals surface area contributed by atoms with Crippen molar-refractivity contribution in [2.45, 2.75) is 84.9 Å². The summed E-state index contributed by atoms with van der Waals surface area (Å²) in [6, 6.07) is 6.96. The van der Waals surface area contributed by atoms with Crippen molar-refractivity contribution in [3.8, 4) is 0 Å². The number of imide groups is 1. The second-order valence-corrected chi connectivity index (χ2v) is 15.4. The molecule has 49 heavy (non-hydrogen) atoms. The van der Waals surface area contributed by atoms with Gasteiger partial charge in [-0.1, -0.05) is 62.6 Å². The minimum atomic E-state index is -4.85. The van der Waals surface area contributed by atoms with Gasteiger partial charge in [-0.25, -0.2) is 14.4 Å². The molecule has 0 bridgehead atoms. The fourth-order valence-corrected chi connectivity index (χ4v) is 7.50. The molecule has 6 amide bonds. The maximum absolute atomic E-state index is 13.9. The molecule has 2 saturated heterocycles. The van der Waals surface area contributed by atoms with Crippen LogP contribution in [0.3, 0.4) is 0 Å². The second-order valence-electron chi connectivity index (χ2n) is 13.7. The van der Waals surface area contributed by atoms with E-state index >= 15 is 0 Å². The maximum Gasteiger partial charge on any atom is 0.410 e. The number of carbonyl (C=O) groups is 6. The topological polar surface area (TPSA) is 209 Å². The lowest BCUT2D eigenvalue weighted by Crippen LogP contribution is -2.72. The number of quaternary nitrogens is 1. The third-order valence-electron chi connectivity index (χ3n) is 9.14. The quantitative estimate of drug-likeness (QED) is 0.102. The summed E-state index contributed by atoms with van der Waals surface area (Å²) < 4.78 is 16.7. The van der Waals surface area contributed by atoms with Gasteiger partial charge in [-0.15, -0.1) is 0 Å².